The van der Waals surface area contributed by atoms with Gasteiger partial charge in [-0.25, -0.2) is 10.2 Å². The van der Waals surface area contributed by atoms with E-state index in [0.717, 1.165) is 24.3 Å². The molecule has 0 atom stereocenters. The monoisotopic (exact) mass is 403 g/mol. The molecule has 7 heteroatoms. The first-order chi connectivity index (χ1) is 14.6. The van der Waals surface area contributed by atoms with Gasteiger partial charge in [0.2, 0.25) is 0 Å². The van der Waals surface area contributed by atoms with Crippen molar-refractivity contribution in [2.75, 3.05) is 18.0 Å². The number of nitrogens with one attached hydrogen (secondary N) is 1. The van der Waals surface area contributed by atoms with Gasteiger partial charge in [-0.2, -0.15) is 5.10 Å². The van der Waals surface area contributed by atoms with Gasteiger partial charge in [0.25, 0.3) is 5.91 Å². The number of rotatable bonds is 6. The Kier molecular flexibility index (Phi) is 5.61. The molecule has 4 rings (SSSR count). The Morgan fingerprint density at radius 1 is 0.933 bits per heavy atom. The minimum absolute atomic E-state index is 0.211. The maximum Gasteiger partial charge on any atom is 0.335 e. The summed E-state index contributed by atoms with van der Waals surface area (Å²) in [6.45, 7) is 2.12. The molecule has 152 valence electrons. The maximum absolute atomic E-state index is 12.3. The molecular weight excluding hydrogens is 382 g/mol. The molecule has 2 heterocycles. The molecule has 1 aliphatic rings. The molecule has 30 heavy (non-hydrogen) atoms. The molecule has 1 aromatic heterocycles. The highest BCUT2D eigenvalue weighted by Crippen LogP contribution is 2.22. The van der Waals surface area contributed by atoms with Crippen LogP contribution in [0.3, 0.4) is 0 Å². The van der Waals surface area contributed by atoms with Crippen molar-refractivity contribution < 1.29 is 19.1 Å². The summed E-state index contributed by atoms with van der Waals surface area (Å²) in [5, 5.41) is 12.9. The summed E-state index contributed by atoms with van der Waals surface area (Å²) in [6, 6.07) is 17.4. The second-order valence-corrected chi connectivity index (χ2v) is 7.02. The van der Waals surface area contributed by atoms with E-state index >= 15 is 0 Å². The molecule has 0 saturated carbocycles. The molecule has 1 fully saturated rings. The molecule has 3 aromatic rings. The van der Waals surface area contributed by atoms with E-state index in [1.54, 1.807) is 36.4 Å². The van der Waals surface area contributed by atoms with E-state index < -0.39 is 5.97 Å². The molecule has 2 N–H and O–H groups in total. The molecule has 1 amide bonds. The molecular formula is C23H21N3O4. The van der Waals surface area contributed by atoms with Crippen molar-refractivity contribution in [3.8, 4) is 11.3 Å². The summed E-state index contributed by atoms with van der Waals surface area (Å²) < 4.78 is 5.68. The number of hydrogen-bond acceptors (Lipinski definition) is 5. The van der Waals surface area contributed by atoms with Gasteiger partial charge in [-0.05, 0) is 61.4 Å². The molecule has 0 bridgehead atoms. The fourth-order valence-electron chi connectivity index (χ4n) is 3.37. The Balaban J connectivity index is 1.35. The molecule has 0 spiro atoms. The van der Waals surface area contributed by atoms with Gasteiger partial charge in [0.05, 0.1) is 11.8 Å². The number of carboxylic acid groups (broad SMARTS) is 1. The van der Waals surface area contributed by atoms with Crippen LogP contribution in [0.25, 0.3) is 11.3 Å². The number of hydrogen-bond donors (Lipinski definition) is 2. The lowest BCUT2D eigenvalue weighted by atomic mass is 10.1. The standard InChI is InChI=1S/C23H21N3O4/c27-22(17-7-9-19(10-8-17)26-13-1-2-14-26)25-24-15-20-11-12-21(30-20)16-3-5-18(6-4-16)23(28)29/h3-12,15H,1-2,13-14H2,(H,25,27)(H,28,29)/b24-15-. The van der Waals surface area contributed by atoms with Gasteiger partial charge >= 0.3 is 5.97 Å². The Bertz CT molecular complexity index is 1060. The highest BCUT2D eigenvalue weighted by Gasteiger charge is 2.13. The SMILES string of the molecule is O=C(O)c1ccc(-c2ccc(/C=N\NC(=O)c3ccc(N4CCCC4)cc3)o2)cc1. The van der Waals surface area contributed by atoms with Crippen LogP contribution in [0.15, 0.2) is 70.2 Å². The number of carboxylic acids is 1. The first-order valence-corrected chi connectivity index (χ1v) is 9.72. The highest BCUT2D eigenvalue weighted by molar-refractivity contribution is 5.95. The van der Waals surface area contributed by atoms with Gasteiger partial charge in [-0.3, -0.25) is 4.79 Å². The van der Waals surface area contributed by atoms with Crippen LogP contribution in [0.4, 0.5) is 5.69 Å². The average Bonchev–Trinajstić information content (AvgIpc) is 3.46. The Hall–Kier alpha value is -3.87. The lowest BCUT2D eigenvalue weighted by Crippen LogP contribution is -2.19. The smallest absolute Gasteiger partial charge is 0.335 e. The zero-order valence-electron chi connectivity index (χ0n) is 16.2. The van der Waals surface area contributed by atoms with Crippen molar-refractivity contribution >= 4 is 23.8 Å². The van der Waals surface area contributed by atoms with Crippen molar-refractivity contribution in [3.05, 3.63) is 77.6 Å². The summed E-state index contributed by atoms with van der Waals surface area (Å²) in [7, 11) is 0. The third kappa shape index (κ3) is 4.41. The van der Waals surface area contributed by atoms with Crippen LogP contribution in [0, 0.1) is 0 Å². The predicted octanol–water partition coefficient (Wildman–Crippen LogP) is 4.01. The van der Waals surface area contributed by atoms with E-state index in [1.807, 2.05) is 12.1 Å². The number of carbonyl (C=O) groups excluding carboxylic acids is 1. The minimum Gasteiger partial charge on any atom is -0.478 e. The van der Waals surface area contributed by atoms with E-state index in [2.05, 4.69) is 15.4 Å². The first kappa shape index (κ1) is 19.4. The van der Waals surface area contributed by atoms with E-state index in [1.165, 1.54) is 31.2 Å². The number of hydrazone groups is 1. The number of benzene rings is 2. The lowest BCUT2D eigenvalue weighted by Gasteiger charge is -2.17. The Morgan fingerprint density at radius 2 is 1.60 bits per heavy atom. The number of aromatic carboxylic acids is 1. The van der Waals surface area contributed by atoms with E-state index in [4.69, 9.17) is 9.52 Å². The van der Waals surface area contributed by atoms with Crippen LogP contribution < -0.4 is 10.3 Å². The number of furan rings is 1. The van der Waals surface area contributed by atoms with Crippen molar-refractivity contribution in [2.24, 2.45) is 5.10 Å². The molecule has 1 saturated heterocycles. The summed E-state index contributed by atoms with van der Waals surface area (Å²) in [4.78, 5) is 25.5. The zero-order chi connectivity index (χ0) is 20.9. The normalized spacial score (nSPS) is 13.7. The average molecular weight is 403 g/mol. The van der Waals surface area contributed by atoms with Crippen LogP contribution in [-0.4, -0.2) is 36.3 Å². The maximum atomic E-state index is 12.3. The van der Waals surface area contributed by atoms with Crippen LogP contribution in [0.5, 0.6) is 0 Å². The third-order valence-electron chi connectivity index (χ3n) is 5.00. The second-order valence-electron chi connectivity index (χ2n) is 7.02. The predicted molar refractivity (Wildman–Crippen MR) is 114 cm³/mol. The molecule has 2 aromatic carbocycles. The number of amides is 1. The van der Waals surface area contributed by atoms with Crippen molar-refractivity contribution in [1.82, 2.24) is 5.43 Å². The molecule has 1 aliphatic heterocycles. The quantitative estimate of drug-likeness (QED) is 0.479. The first-order valence-electron chi connectivity index (χ1n) is 9.72. The topological polar surface area (TPSA) is 95.1 Å². The molecule has 7 nitrogen and oxygen atoms in total. The van der Waals surface area contributed by atoms with Gasteiger partial charge in [-0.1, -0.05) is 12.1 Å². The second kappa shape index (κ2) is 8.65. The number of anilines is 1. The van der Waals surface area contributed by atoms with Crippen LogP contribution in [0.1, 0.15) is 39.3 Å². The summed E-state index contributed by atoms with van der Waals surface area (Å²) in [6.07, 6.45) is 3.84. The zero-order valence-corrected chi connectivity index (χ0v) is 16.2. The van der Waals surface area contributed by atoms with E-state index in [-0.39, 0.29) is 11.5 Å². The molecule has 0 aliphatic carbocycles. The Labute approximate surface area is 173 Å². The molecule has 0 radical (unpaired) electrons. The van der Waals surface area contributed by atoms with Gasteiger partial charge in [0.1, 0.15) is 11.5 Å². The summed E-state index contributed by atoms with van der Waals surface area (Å²) in [5.74, 6) is -0.222. The molecule has 0 unspecified atom stereocenters. The van der Waals surface area contributed by atoms with Gasteiger partial charge in [0.15, 0.2) is 0 Å². The van der Waals surface area contributed by atoms with E-state index in [9.17, 15) is 9.59 Å². The van der Waals surface area contributed by atoms with Gasteiger partial charge in [-0.15, -0.1) is 0 Å². The Morgan fingerprint density at radius 3 is 2.27 bits per heavy atom. The number of nitrogens with zero attached hydrogens (tertiary/aromatic N) is 2. The van der Waals surface area contributed by atoms with Gasteiger partial charge in [0, 0.05) is 29.9 Å². The summed E-state index contributed by atoms with van der Waals surface area (Å²) in [5.41, 5.74) is 5.13. The van der Waals surface area contributed by atoms with Crippen LogP contribution in [0.2, 0.25) is 0 Å². The largest absolute Gasteiger partial charge is 0.478 e. The third-order valence-corrected chi connectivity index (χ3v) is 5.00. The minimum atomic E-state index is -0.977. The highest BCUT2D eigenvalue weighted by atomic mass is 16.4. The fraction of sp³-hybridized carbons (Fsp3) is 0.174. The van der Waals surface area contributed by atoms with Crippen molar-refractivity contribution in [2.45, 2.75) is 12.8 Å². The van der Waals surface area contributed by atoms with E-state index in [0.29, 0.717) is 17.1 Å². The number of carbonyl (C=O) groups is 2. The lowest BCUT2D eigenvalue weighted by molar-refractivity contribution is 0.0696. The van der Waals surface area contributed by atoms with Crippen LogP contribution >= 0.6 is 0 Å². The fourth-order valence-corrected chi connectivity index (χ4v) is 3.37. The van der Waals surface area contributed by atoms with Gasteiger partial charge < -0.3 is 14.4 Å². The summed E-state index contributed by atoms with van der Waals surface area (Å²) >= 11 is 0. The van der Waals surface area contributed by atoms with Crippen molar-refractivity contribution in [1.29, 1.82) is 0 Å². The van der Waals surface area contributed by atoms with Crippen LogP contribution in [-0.2, 0) is 0 Å². The van der Waals surface area contributed by atoms with Crippen molar-refractivity contribution in [3.63, 3.8) is 0 Å².